The molecule has 0 fully saturated rings. The van der Waals surface area contributed by atoms with Crippen molar-refractivity contribution in [1.82, 2.24) is 24.5 Å². The lowest BCUT2D eigenvalue weighted by atomic mass is 10.2. The summed E-state index contributed by atoms with van der Waals surface area (Å²) in [5.41, 5.74) is 12.2. The topological polar surface area (TPSA) is 141 Å². The van der Waals surface area contributed by atoms with Crippen LogP contribution in [0.25, 0.3) is 27.9 Å². The van der Waals surface area contributed by atoms with E-state index < -0.39 is 5.91 Å². The summed E-state index contributed by atoms with van der Waals surface area (Å²) in [5, 5.41) is 1.44. The zero-order valence-electron chi connectivity index (χ0n) is 12.3. The van der Waals surface area contributed by atoms with Crippen LogP contribution in [0.4, 0.5) is 0 Å². The van der Waals surface area contributed by atoms with Gasteiger partial charge in [-0.3, -0.25) is 9.36 Å². The average Bonchev–Trinajstić information content (AvgIpc) is 3.18. The Labute approximate surface area is 135 Å². The fourth-order valence-corrected chi connectivity index (χ4v) is 2.62. The van der Waals surface area contributed by atoms with Gasteiger partial charge in [-0.15, -0.1) is 0 Å². The fourth-order valence-electron chi connectivity index (χ4n) is 2.62. The third-order valence-corrected chi connectivity index (χ3v) is 3.59. The molecule has 4 aromatic heterocycles. The molecule has 9 nitrogen and oxygen atoms in total. The standard InChI is InChI=1S/C15H12N8O/c16-15(17)22-14(24)10-6-23(12-8(10)2-1-4-19-12)13-9-3-5-18-11(9)20-7-21-13/h1-7H,(H,18,20,21)(H4,16,17,22,24). The predicted octanol–water partition coefficient (Wildman–Crippen LogP) is 0.710. The fraction of sp³-hybridized carbons (Fsp3) is 0. The molecule has 0 spiro atoms. The van der Waals surface area contributed by atoms with Crippen LogP contribution in [0.3, 0.4) is 0 Å². The number of hydrogen-bond donors (Lipinski definition) is 3. The van der Waals surface area contributed by atoms with E-state index in [1.54, 1.807) is 35.3 Å². The van der Waals surface area contributed by atoms with Crippen molar-refractivity contribution in [2.75, 3.05) is 0 Å². The van der Waals surface area contributed by atoms with Gasteiger partial charge < -0.3 is 16.5 Å². The highest BCUT2D eigenvalue weighted by Crippen LogP contribution is 2.26. The minimum atomic E-state index is -0.536. The van der Waals surface area contributed by atoms with Crippen molar-refractivity contribution in [3.8, 4) is 5.82 Å². The van der Waals surface area contributed by atoms with Gasteiger partial charge in [0.2, 0.25) is 0 Å². The zero-order chi connectivity index (χ0) is 16.7. The quantitative estimate of drug-likeness (QED) is 0.367. The Morgan fingerprint density at radius 1 is 1.17 bits per heavy atom. The molecule has 0 radical (unpaired) electrons. The molecule has 0 aliphatic heterocycles. The smallest absolute Gasteiger partial charge is 0.282 e. The maximum Gasteiger partial charge on any atom is 0.282 e. The van der Waals surface area contributed by atoms with Crippen molar-refractivity contribution in [2.45, 2.75) is 0 Å². The molecule has 0 aliphatic rings. The average molecular weight is 320 g/mol. The summed E-state index contributed by atoms with van der Waals surface area (Å²) >= 11 is 0. The second-order valence-electron chi connectivity index (χ2n) is 5.07. The van der Waals surface area contributed by atoms with E-state index in [9.17, 15) is 4.79 Å². The van der Waals surface area contributed by atoms with E-state index in [1.807, 2.05) is 6.07 Å². The molecule has 4 heterocycles. The van der Waals surface area contributed by atoms with Gasteiger partial charge in [-0.05, 0) is 18.2 Å². The Bertz CT molecular complexity index is 1100. The zero-order valence-corrected chi connectivity index (χ0v) is 12.3. The first-order valence-corrected chi connectivity index (χ1v) is 7.03. The van der Waals surface area contributed by atoms with E-state index in [4.69, 9.17) is 11.5 Å². The molecule has 5 N–H and O–H groups in total. The third-order valence-electron chi connectivity index (χ3n) is 3.59. The van der Waals surface area contributed by atoms with Gasteiger partial charge in [-0.25, -0.2) is 15.0 Å². The number of carbonyl (C=O) groups excluding carboxylic acids is 1. The first-order chi connectivity index (χ1) is 11.6. The van der Waals surface area contributed by atoms with E-state index in [0.29, 0.717) is 28.1 Å². The number of nitrogens with one attached hydrogen (secondary N) is 1. The highest BCUT2D eigenvalue weighted by Gasteiger charge is 2.18. The van der Waals surface area contributed by atoms with Crippen LogP contribution in [0.5, 0.6) is 0 Å². The predicted molar refractivity (Wildman–Crippen MR) is 88.7 cm³/mol. The van der Waals surface area contributed by atoms with Crippen molar-refractivity contribution in [3.05, 3.63) is 48.7 Å². The second kappa shape index (κ2) is 5.16. The molecule has 0 saturated carbocycles. The van der Waals surface area contributed by atoms with Gasteiger partial charge in [0.1, 0.15) is 17.6 Å². The molecule has 118 valence electrons. The summed E-state index contributed by atoms with van der Waals surface area (Å²) in [7, 11) is 0. The van der Waals surface area contributed by atoms with E-state index in [0.717, 1.165) is 5.39 Å². The highest BCUT2D eigenvalue weighted by atomic mass is 16.1. The SMILES string of the molecule is NC(N)=NC(=O)c1cn(-c2ncnc3[nH]ccc23)c2ncccc12. The number of aliphatic imine (C=N–C) groups is 1. The molecule has 0 atom stereocenters. The molecular weight excluding hydrogens is 308 g/mol. The monoisotopic (exact) mass is 320 g/mol. The maximum atomic E-state index is 12.3. The molecule has 0 unspecified atom stereocenters. The molecule has 4 rings (SSSR count). The Balaban J connectivity index is 2.02. The lowest BCUT2D eigenvalue weighted by Gasteiger charge is -2.04. The number of hydrogen-bond acceptors (Lipinski definition) is 4. The summed E-state index contributed by atoms with van der Waals surface area (Å²) in [6.45, 7) is 0. The van der Waals surface area contributed by atoms with Crippen LogP contribution in [-0.4, -0.2) is 36.4 Å². The van der Waals surface area contributed by atoms with Gasteiger partial charge in [0.15, 0.2) is 11.8 Å². The van der Waals surface area contributed by atoms with E-state index in [2.05, 4.69) is 24.9 Å². The number of nitrogens with zero attached hydrogens (tertiary/aromatic N) is 5. The van der Waals surface area contributed by atoms with E-state index in [1.165, 1.54) is 6.33 Å². The largest absolute Gasteiger partial charge is 0.370 e. The first kappa shape index (κ1) is 13.9. The van der Waals surface area contributed by atoms with Gasteiger partial charge in [-0.1, -0.05) is 0 Å². The normalized spacial score (nSPS) is 11.0. The maximum absolute atomic E-state index is 12.3. The molecule has 24 heavy (non-hydrogen) atoms. The lowest BCUT2D eigenvalue weighted by Crippen LogP contribution is -2.24. The molecule has 1 amide bonds. The minimum Gasteiger partial charge on any atom is -0.370 e. The first-order valence-electron chi connectivity index (χ1n) is 7.03. The van der Waals surface area contributed by atoms with Gasteiger partial charge in [0, 0.05) is 24.0 Å². The second-order valence-corrected chi connectivity index (χ2v) is 5.07. The number of pyridine rings is 1. The Kier molecular flexibility index (Phi) is 2.98. The van der Waals surface area contributed by atoms with Gasteiger partial charge in [-0.2, -0.15) is 4.99 Å². The highest BCUT2D eigenvalue weighted by molar-refractivity contribution is 6.10. The molecule has 0 saturated heterocycles. The molecule has 4 aromatic rings. The van der Waals surface area contributed by atoms with Crippen LogP contribution in [0.2, 0.25) is 0 Å². The number of guanidine groups is 1. The van der Waals surface area contributed by atoms with Crippen molar-refractivity contribution < 1.29 is 4.79 Å². The minimum absolute atomic E-state index is 0.292. The number of H-pyrrole nitrogens is 1. The van der Waals surface area contributed by atoms with Crippen molar-refractivity contribution in [1.29, 1.82) is 0 Å². The number of aromatic amines is 1. The van der Waals surface area contributed by atoms with E-state index >= 15 is 0 Å². The van der Waals surface area contributed by atoms with Gasteiger partial charge in [0.25, 0.3) is 5.91 Å². The summed E-state index contributed by atoms with van der Waals surface area (Å²) in [4.78, 5) is 31.8. The summed E-state index contributed by atoms with van der Waals surface area (Å²) in [5.74, 6) is -0.223. The van der Waals surface area contributed by atoms with Crippen molar-refractivity contribution in [3.63, 3.8) is 0 Å². The van der Waals surface area contributed by atoms with Crippen molar-refractivity contribution >= 4 is 33.9 Å². The van der Waals surface area contributed by atoms with Crippen molar-refractivity contribution in [2.24, 2.45) is 16.5 Å². The van der Waals surface area contributed by atoms with E-state index in [-0.39, 0.29) is 5.96 Å². The molecule has 9 heteroatoms. The molecular formula is C15H12N8O. The third kappa shape index (κ3) is 2.07. The molecule has 0 aromatic carbocycles. The lowest BCUT2D eigenvalue weighted by molar-refractivity contribution is 0.100. The van der Waals surface area contributed by atoms with Gasteiger partial charge in [0.05, 0.1) is 10.9 Å². The number of carbonyl (C=O) groups is 1. The molecule has 0 bridgehead atoms. The number of nitrogens with two attached hydrogens (primary N) is 2. The van der Waals surface area contributed by atoms with Crippen LogP contribution in [-0.2, 0) is 0 Å². The summed E-state index contributed by atoms with van der Waals surface area (Å²) < 4.78 is 1.72. The van der Waals surface area contributed by atoms with Crippen LogP contribution in [0.15, 0.2) is 48.1 Å². The van der Waals surface area contributed by atoms with Gasteiger partial charge >= 0.3 is 0 Å². The number of fused-ring (bicyclic) bond motifs is 2. The number of aromatic nitrogens is 5. The Morgan fingerprint density at radius 2 is 2.04 bits per heavy atom. The van der Waals surface area contributed by atoms with Crippen LogP contribution < -0.4 is 11.5 Å². The van der Waals surface area contributed by atoms with Crippen LogP contribution >= 0.6 is 0 Å². The van der Waals surface area contributed by atoms with Crippen LogP contribution in [0.1, 0.15) is 10.4 Å². The molecule has 0 aliphatic carbocycles. The number of amides is 1. The number of rotatable bonds is 2. The summed E-state index contributed by atoms with van der Waals surface area (Å²) in [6, 6.07) is 5.38. The Hall–Kier alpha value is -3.75. The summed E-state index contributed by atoms with van der Waals surface area (Å²) in [6.07, 6.45) is 6.48. The Morgan fingerprint density at radius 3 is 2.88 bits per heavy atom. The van der Waals surface area contributed by atoms with Crippen LogP contribution in [0, 0.1) is 0 Å².